The molecule has 2 rings (SSSR count). The lowest BCUT2D eigenvalue weighted by Gasteiger charge is -2.18. The number of hydrogen-bond acceptors (Lipinski definition) is 11. The van der Waals surface area contributed by atoms with Crippen molar-refractivity contribution in [3.8, 4) is 11.1 Å². The highest BCUT2D eigenvalue weighted by atomic mass is 16.6. The van der Waals surface area contributed by atoms with Crippen molar-refractivity contribution in [2.45, 2.75) is 141 Å². The molecule has 0 radical (unpaired) electrons. The average molecular weight is 945 g/mol. The largest absolute Gasteiger partial charge is 0.465 e. The quantitative estimate of drug-likeness (QED) is 0.0246. The average Bonchev–Trinajstić information content (AvgIpc) is 3.27. The Morgan fingerprint density at radius 1 is 0.493 bits per heavy atom. The van der Waals surface area contributed by atoms with E-state index in [1.165, 1.54) is 55.7 Å². The molecule has 1 atom stereocenters. The van der Waals surface area contributed by atoms with Crippen molar-refractivity contribution in [2.24, 2.45) is 0 Å². The third-order valence-corrected chi connectivity index (χ3v) is 10.7. The first-order valence-electron chi connectivity index (χ1n) is 23.2. The van der Waals surface area contributed by atoms with Crippen molar-refractivity contribution in [1.82, 2.24) is 0 Å². The van der Waals surface area contributed by atoms with E-state index < -0.39 is 47.5 Å². The molecule has 0 amide bonds. The molecule has 0 spiro atoms. The van der Waals surface area contributed by atoms with Crippen LogP contribution >= 0.6 is 0 Å². The van der Waals surface area contributed by atoms with E-state index in [1.807, 2.05) is 81.4 Å². The Kier molecular flexibility index (Phi) is 24.7. The minimum Gasteiger partial charge on any atom is -0.465 e. The standard InChI is InChI=1S/C58H72O11/c1-36(2)19-15-23-40(9)31-50(59)52(33-42(11)25-17-21-38(5)6)68-56(63)46-29-27-44(54(61)66-13)34-48(46)49-35-45(55(62)67-14)28-30-47(49)57(64)69-58(65)53(43(12)26-18-22-39(7)8)51(60)32-41(10)24-16-20-37(3)4/h19-22,27-35,52H,15-18,23-26H2,1-14H3/b40-31+,41-32+,42-33+,53-43+. The van der Waals surface area contributed by atoms with Crippen molar-refractivity contribution in [1.29, 1.82) is 0 Å². The van der Waals surface area contributed by atoms with E-state index in [0.29, 0.717) is 56.9 Å². The fourth-order valence-electron chi connectivity index (χ4n) is 6.98. The van der Waals surface area contributed by atoms with E-state index in [4.69, 9.17) is 18.9 Å². The van der Waals surface area contributed by atoms with Gasteiger partial charge in [0, 0.05) is 0 Å². The van der Waals surface area contributed by atoms with E-state index in [-0.39, 0.29) is 39.0 Å². The van der Waals surface area contributed by atoms with Gasteiger partial charge in [0.2, 0.25) is 0 Å². The Morgan fingerprint density at radius 2 is 0.899 bits per heavy atom. The molecule has 69 heavy (non-hydrogen) atoms. The van der Waals surface area contributed by atoms with E-state index >= 15 is 0 Å². The maximum absolute atomic E-state index is 14.5. The van der Waals surface area contributed by atoms with Crippen LogP contribution in [-0.4, -0.2) is 61.7 Å². The number of carbonyl (C=O) groups is 7. The molecule has 1 unspecified atom stereocenters. The van der Waals surface area contributed by atoms with Crippen LogP contribution in [0.25, 0.3) is 11.1 Å². The highest BCUT2D eigenvalue weighted by molar-refractivity contribution is 6.24. The zero-order valence-electron chi connectivity index (χ0n) is 43.2. The molecule has 0 saturated heterocycles. The third kappa shape index (κ3) is 20.2. The second kappa shape index (κ2) is 29.2. The number of allylic oxidation sites excluding steroid dienone is 13. The fraction of sp³-hybridized carbons (Fsp3) is 0.397. The van der Waals surface area contributed by atoms with Crippen LogP contribution in [0, 0.1) is 0 Å². The zero-order chi connectivity index (χ0) is 52.0. The van der Waals surface area contributed by atoms with Gasteiger partial charge in [-0.25, -0.2) is 24.0 Å². The molecule has 0 fully saturated rings. The molecule has 0 aliphatic rings. The minimum absolute atomic E-state index is 0.0463. The van der Waals surface area contributed by atoms with E-state index in [1.54, 1.807) is 19.9 Å². The number of ether oxygens (including phenoxy) is 4. The van der Waals surface area contributed by atoms with Gasteiger partial charge in [-0.1, -0.05) is 68.9 Å². The molecule has 0 aromatic heterocycles. The predicted octanol–water partition coefficient (Wildman–Crippen LogP) is 13.4. The SMILES string of the molecule is COC(=O)c1ccc(C(=O)OC(=O)/C(C(=O)/C=C(\C)CCC=C(C)C)=C(\C)CCC=C(C)C)c(-c2cc(C(=O)OC)ccc2C(=O)OC(/C=C(\C)CCC=C(C)C)C(=O)/C=C(\C)CCC=C(C)C)c1. The van der Waals surface area contributed by atoms with Gasteiger partial charge in [0.05, 0.1) is 36.5 Å². The van der Waals surface area contributed by atoms with Crippen molar-refractivity contribution in [3.63, 3.8) is 0 Å². The van der Waals surface area contributed by atoms with Gasteiger partial charge < -0.3 is 18.9 Å². The first-order chi connectivity index (χ1) is 32.5. The predicted molar refractivity (Wildman–Crippen MR) is 273 cm³/mol. The molecule has 11 nitrogen and oxygen atoms in total. The van der Waals surface area contributed by atoms with Gasteiger partial charge in [-0.15, -0.1) is 0 Å². The molecular weight excluding hydrogens is 873 g/mol. The number of hydrogen-bond donors (Lipinski definition) is 0. The number of methoxy groups -OCH3 is 2. The third-order valence-electron chi connectivity index (χ3n) is 10.7. The number of benzene rings is 2. The van der Waals surface area contributed by atoms with Crippen molar-refractivity contribution in [3.05, 3.63) is 151 Å². The summed E-state index contributed by atoms with van der Waals surface area (Å²) in [7, 11) is 2.33. The van der Waals surface area contributed by atoms with Crippen molar-refractivity contribution in [2.75, 3.05) is 14.2 Å². The van der Waals surface area contributed by atoms with Crippen LogP contribution in [0.15, 0.2) is 129 Å². The summed E-state index contributed by atoms with van der Waals surface area (Å²) in [4.78, 5) is 96.9. The number of esters is 5. The van der Waals surface area contributed by atoms with Gasteiger partial charge in [-0.05, 0) is 200 Å². The summed E-state index contributed by atoms with van der Waals surface area (Å²) >= 11 is 0. The summed E-state index contributed by atoms with van der Waals surface area (Å²) in [6, 6.07) is 7.60. The van der Waals surface area contributed by atoms with E-state index in [0.717, 1.165) is 46.1 Å². The van der Waals surface area contributed by atoms with Crippen LogP contribution in [0.3, 0.4) is 0 Å². The Labute approximate surface area is 409 Å². The van der Waals surface area contributed by atoms with Gasteiger partial charge >= 0.3 is 29.8 Å². The monoisotopic (exact) mass is 945 g/mol. The van der Waals surface area contributed by atoms with Crippen LogP contribution in [0.5, 0.6) is 0 Å². The fourth-order valence-corrected chi connectivity index (χ4v) is 6.98. The smallest absolute Gasteiger partial charge is 0.349 e. The van der Waals surface area contributed by atoms with Gasteiger partial charge in [0.15, 0.2) is 17.7 Å². The molecule has 0 saturated carbocycles. The lowest BCUT2D eigenvalue weighted by molar-refractivity contribution is -0.135. The summed E-state index contributed by atoms with van der Waals surface area (Å²) < 4.78 is 21.5. The number of ketones is 2. The molecule has 0 bridgehead atoms. The Morgan fingerprint density at radius 3 is 1.33 bits per heavy atom. The normalized spacial score (nSPS) is 12.3. The molecular formula is C58H72O11. The highest BCUT2D eigenvalue weighted by Crippen LogP contribution is 2.32. The summed E-state index contributed by atoms with van der Waals surface area (Å²) in [6.07, 6.45) is 15.9. The lowest BCUT2D eigenvalue weighted by Crippen LogP contribution is -2.25. The lowest BCUT2D eigenvalue weighted by atomic mass is 9.92. The molecule has 0 N–H and O–H groups in total. The van der Waals surface area contributed by atoms with Gasteiger partial charge in [0.1, 0.15) is 5.57 Å². The second-order valence-corrected chi connectivity index (χ2v) is 18.2. The zero-order valence-corrected chi connectivity index (χ0v) is 43.2. The Hall–Kier alpha value is -6.75. The maximum atomic E-state index is 14.5. The molecule has 2 aromatic rings. The second-order valence-electron chi connectivity index (χ2n) is 18.2. The van der Waals surface area contributed by atoms with E-state index in [9.17, 15) is 33.6 Å². The van der Waals surface area contributed by atoms with Crippen molar-refractivity contribution >= 4 is 41.4 Å². The maximum Gasteiger partial charge on any atom is 0.349 e. The van der Waals surface area contributed by atoms with E-state index in [2.05, 4.69) is 12.2 Å². The molecule has 2 aromatic carbocycles. The first-order valence-corrected chi connectivity index (χ1v) is 23.2. The molecule has 0 aliphatic carbocycles. The van der Waals surface area contributed by atoms with Gasteiger partial charge in [0.25, 0.3) is 0 Å². The van der Waals surface area contributed by atoms with Crippen LogP contribution < -0.4 is 0 Å². The van der Waals surface area contributed by atoms with Gasteiger partial charge in [-0.2, -0.15) is 0 Å². The van der Waals surface area contributed by atoms with Crippen LogP contribution in [0.2, 0.25) is 0 Å². The van der Waals surface area contributed by atoms with Crippen LogP contribution in [-0.2, 0) is 33.3 Å². The first kappa shape index (κ1) is 58.4. The van der Waals surface area contributed by atoms with Crippen molar-refractivity contribution < 1.29 is 52.5 Å². The summed E-state index contributed by atoms with van der Waals surface area (Å²) in [5.41, 5.74) is 5.99. The van der Waals surface area contributed by atoms with Crippen LogP contribution in [0.4, 0.5) is 0 Å². The highest BCUT2D eigenvalue weighted by Gasteiger charge is 2.30. The molecule has 370 valence electrons. The Balaban J connectivity index is 2.90. The number of carbonyl (C=O) groups excluding carboxylic acids is 7. The molecule has 0 heterocycles. The summed E-state index contributed by atoms with van der Waals surface area (Å²) in [5, 5.41) is 0. The Bertz CT molecular complexity index is 2500. The minimum atomic E-state index is -1.37. The topological polar surface area (TPSA) is 156 Å². The van der Waals surface area contributed by atoms with Crippen LogP contribution in [0.1, 0.15) is 176 Å². The molecule has 0 aliphatic heterocycles. The van der Waals surface area contributed by atoms with Gasteiger partial charge in [-0.3, -0.25) is 9.59 Å². The summed E-state index contributed by atoms with van der Waals surface area (Å²) in [5.74, 6) is -6.13. The number of rotatable bonds is 24. The molecule has 11 heteroatoms. The summed E-state index contributed by atoms with van der Waals surface area (Å²) in [6.45, 7) is 22.9.